The molecule has 19 heavy (non-hydrogen) atoms. The van der Waals surface area contributed by atoms with Crippen LogP contribution in [0.3, 0.4) is 0 Å². The molecule has 1 fully saturated rings. The van der Waals surface area contributed by atoms with Gasteiger partial charge in [-0.2, -0.15) is 0 Å². The van der Waals surface area contributed by atoms with E-state index >= 15 is 0 Å². The van der Waals surface area contributed by atoms with Gasteiger partial charge in [-0.3, -0.25) is 0 Å². The van der Waals surface area contributed by atoms with Crippen molar-refractivity contribution in [3.05, 3.63) is 28.2 Å². The zero-order valence-electron chi connectivity index (χ0n) is 12.0. The average molecular weight is 326 g/mol. The summed E-state index contributed by atoms with van der Waals surface area (Å²) in [5.41, 5.74) is 0.872. The SMILES string of the molecule is CC([O])c1cc(Br)cc(B2OC(C)(C)C(C)(C)O2)c1. The first kappa shape index (κ1) is 15.0. The Morgan fingerprint density at radius 3 is 2.11 bits per heavy atom. The van der Waals surface area contributed by atoms with Gasteiger partial charge < -0.3 is 9.31 Å². The summed E-state index contributed by atoms with van der Waals surface area (Å²) in [5, 5.41) is 11.6. The van der Waals surface area contributed by atoms with Gasteiger partial charge >= 0.3 is 7.12 Å². The molecule has 1 aliphatic rings. The largest absolute Gasteiger partial charge is 0.494 e. The van der Waals surface area contributed by atoms with Crippen molar-refractivity contribution in [2.45, 2.75) is 51.9 Å². The van der Waals surface area contributed by atoms with E-state index in [1.165, 1.54) is 0 Å². The Hall–Kier alpha value is -0.355. The Morgan fingerprint density at radius 2 is 1.63 bits per heavy atom. The number of hydrogen-bond acceptors (Lipinski definition) is 2. The minimum atomic E-state index is -0.765. The Bertz CT molecular complexity index is 470. The van der Waals surface area contributed by atoms with Crippen molar-refractivity contribution < 1.29 is 14.4 Å². The number of halogens is 1. The fourth-order valence-electron chi connectivity index (χ4n) is 1.99. The van der Waals surface area contributed by atoms with Crippen molar-refractivity contribution >= 4 is 28.5 Å². The molecule has 1 aliphatic heterocycles. The van der Waals surface area contributed by atoms with Crippen LogP contribution in [0.4, 0.5) is 0 Å². The predicted octanol–water partition coefficient (Wildman–Crippen LogP) is 3.24. The van der Waals surface area contributed by atoms with Gasteiger partial charge in [0.2, 0.25) is 0 Å². The van der Waals surface area contributed by atoms with Crippen molar-refractivity contribution in [3.8, 4) is 0 Å². The zero-order chi connectivity index (χ0) is 14.4. The van der Waals surface area contributed by atoms with Crippen LogP contribution >= 0.6 is 15.9 Å². The van der Waals surface area contributed by atoms with E-state index in [1.54, 1.807) is 6.92 Å². The molecule has 1 aromatic carbocycles. The van der Waals surface area contributed by atoms with E-state index < -0.39 is 13.2 Å². The number of rotatable bonds is 2. The maximum atomic E-state index is 11.6. The second-order valence-corrected chi connectivity index (χ2v) is 6.96. The zero-order valence-corrected chi connectivity index (χ0v) is 13.6. The minimum Gasteiger partial charge on any atom is -0.399 e. The lowest BCUT2D eigenvalue weighted by molar-refractivity contribution is 0.00578. The second-order valence-electron chi connectivity index (χ2n) is 6.05. The van der Waals surface area contributed by atoms with Gasteiger partial charge in [-0.25, -0.2) is 5.11 Å². The van der Waals surface area contributed by atoms with E-state index in [0.717, 1.165) is 15.5 Å². The van der Waals surface area contributed by atoms with Crippen LogP contribution in [0.25, 0.3) is 0 Å². The van der Waals surface area contributed by atoms with Crippen LogP contribution in [-0.4, -0.2) is 18.3 Å². The fourth-order valence-corrected chi connectivity index (χ4v) is 2.51. The minimum absolute atomic E-state index is 0.372. The van der Waals surface area contributed by atoms with Crippen LogP contribution < -0.4 is 5.46 Å². The molecule has 0 saturated carbocycles. The van der Waals surface area contributed by atoms with Crippen LogP contribution in [0.2, 0.25) is 0 Å². The van der Waals surface area contributed by atoms with Crippen LogP contribution in [0, 0.1) is 0 Å². The summed E-state index contributed by atoms with van der Waals surface area (Å²) in [4.78, 5) is 0. The molecular weight excluding hydrogens is 307 g/mol. The molecule has 2 rings (SSSR count). The molecule has 3 nitrogen and oxygen atoms in total. The smallest absolute Gasteiger partial charge is 0.399 e. The third-order valence-corrected chi connectivity index (χ3v) is 4.40. The summed E-state index contributed by atoms with van der Waals surface area (Å²) in [7, 11) is -0.431. The molecule has 5 heteroatoms. The molecule has 1 heterocycles. The standard InChI is InChI=1S/C14H19BBrO3/c1-9(17)10-6-11(8-12(16)7-10)15-18-13(2,3)14(4,5)19-15/h6-9H,1-5H3. The Balaban J connectivity index is 2.34. The van der Waals surface area contributed by atoms with Gasteiger partial charge in [-0.05, 0) is 57.8 Å². The average Bonchev–Trinajstić information content (AvgIpc) is 2.47. The van der Waals surface area contributed by atoms with Crippen molar-refractivity contribution in [1.82, 2.24) is 0 Å². The molecule has 0 amide bonds. The molecule has 0 spiro atoms. The van der Waals surface area contributed by atoms with Crippen LogP contribution in [-0.2, 0) is 14.4 Å². The molecule has 0 aliphatic carbocycles. The van der Waals surface area contributed by atoms with Gasteiger partial charge in [-0.15, -0.1) is 0 Å². The van der Waals surface area contributed by atoms with Gasteiger partial charge in [0, 0.05) is 4.47 Å². The number of hydrogen-bond donors (Lipinski definition) is 0. The second kappa shape index (κ2) is 4.88. The van der Waals surface area contributed by atoms with Crippen molar-refractivity contribution in [2.75, 3.05) is 0 Å². The molecule has 0 N–H and O–H groups in total. The Morgan fingerprint density at radius 1 is 1.11 bits per heavy atom. The van der Waals surface area contributed by atoms with E-state index in [2.05, 4.69) is 15.9 Å². The summed E-state index contributed by atoms with van der Waals surface area (Å²) in [6.45, 7) is 9.70. The fraction of sp³-hybridized carbons (Fsp3) is 0.571. The molecule has 1 saturated heterocycles. The van der Waals surface area contributed by atoms with E-state index in [4.69, 9.17) is 9.31 Å². The Kier molecular flexibility index (Phi) is 3.86. The Labute approximate surface area is 123 Å². The summed E-state index contributed by atoms with van der Waals surface area (Å²) in [6, 6.07) is 5.64. The van der Waals surface area contributed by atoms with Gasteiger partial charge in [0.1, 0.15) is 6.10 Å². The van der Waals surface area contributed by atoms with Crippen molar-refractivity contribution in [1.29, 1.82) is 0 Å². The first-order chi connectivity index (χ1) is 8.62. The highest BCUT2D eigenvalue weighted by atomic mass is 79.9. The first-order valence-corrected chi connectivity index (χ1v) is 7.23. The van der Waals surface area contributed by atoms with Gasteiger partial charge in [0.15, 0.2) is 0 Å². The maximum absolute atomic E-state index is 11.6. The third-order valence-electron chi connectivity index (χ3n) is 3.94. The summed E-state index contributed by atoms with van der Waals surface area (Å²) < 4.78 is 12.9. The molecular formula is C14H19BBrO3. The maximum Gasteiger partial charge on any atom is 0.494 e. The summed E-state index contributed by atoms with van der Waals surface area (Å²) in [5.74, 6) is 0. The van der Waals surface area contributed by atoms with E-state index in [1.807, 2.05) is 45.9 Å². The van der Waals surface area contributed by atoms with Gasteiger partial charge in [0.05, 0.1) is 11.2 Å². The highest BCUT2D eigenvalue weighted by Crippen LogP contribution is 2.36. The molecule has 0 bridgehead atoms. The van der Waals surface area contributed by atoms with E-state index in [0.29, 0.717) is 0 Å². The third kappa shape index (κ3) is 2.89. The predicted molar refractivity (Wildman–Crippen MR) is 79.0 cm³/mol. The van der Waals surface area contributed by atoms with Gasteiger partial charge in [-0.1, -0.05) is 22.0 Å². The lowest BCUT2D eigenvalue weighted by Gasteiger charge is -2.32. The summed E-state index contributed by atoms with van der Waals surface area (Å²) >= 11 is 3.44. The molecule has 1 unspecified atom stereocenters. The molecule has 1 atom stereocenters. The highest BCUT2D eigenvalue weighted by Gasteiger charge is 2.51. The lowest BCUT2D eigenvalue weighted by atomic mass is 9.78. The molecule has 103 valence electrons. The first-order valence-electron chi connectivity index (χ1n) is 6.44. The van der Waals surface area contributed by atoms with Crippen LogP contribution in [0.5, 0.6) is 0 Å². The number of benzene rings is 1. The molecule has 0 aromatic heterocycles. The normalized spacial score (nSPS) is 22.6. The van der Waals surface area contributed by atoms with E-state index in [9.17, 15) is 5.11 Å². The quantitative estimate of drug-likeness (QED) is 0.783. The van der Waals surface area contributed by atoms with Crippen molar-refractivity contribution in [3.63, 3.8) is 0 Å². The monoisotopic (exact) mass is 325 g/mol. The van der Waals surface area contributed by atoms with Crippen molar-refractivity contribution in [2.24, 2.45) is 0 Å². The highest BCUT2D eigenvalue weighted by molar-refractivity contribution is 9.10. The van der Waals surface area contributed by atoms with Crippen LogP contribution in [0.15, 0.2) is 22.7 Å². The lowest BCUT2D eigenvalue weighted by Crippen LogP contribution is -2.41. The topological polar surface area (TPSA) is 38.4 Å². The molecule has 1 aromatic rings. The van der Waals surface area contributed by atoms with E-state index in [-0.39, 0.29) is 11.2 Å². The van der Waals surface area contributed by atoms with Crippen LogP contribution in [0.1, 0.15) is 46.3 Å². The molecule has 1 radical (unpaired) electrons. The summed E-state index contributed by atoms with van der Waals surface area (Å²) in [6.07, 6.45) is -0.765. The van der Waals surface area contributed by atoms with Gasteiger partial charge in [0.25, 0.3) is 0 Å².